The topological polar surface area (TPSA) is 66.0 Å². The first-order valence-corrected chi connectivity index (χ1v) is 12.0. The van der Waals surface area contributed by atoms with Crippen LogP contribution >= 0.6 is 0 Å². The number of fused-ring (bicyclic) bond motifs is 3. The first kappa shape index (κ1) is 22.1. The zero-order valence-corrected chi connectivity index (χ0v) is 18.9. The van der Waals surface area contributed by atoms with E-state index < -0.39 is 5.97 Å². The van der Waals surface area contributed by atoms with Gasteiger partial charge in [-0.1, -0.05) is 63.3 Å². The smallest absolute Gasteiger partial charge is 0.337 e. The third-order valence-electron chi connectivity index (χ3n) is 6.92. The molecular weight excluding hydrogens is 396 g/mol. The minimum Gasteiger partial charge on any atom is -0.478 e. The lowest BCUT2D eigenvalue weighted by Crippen LogP contribution is -2.12. The average Bonchev–Trinajstić information content (AvgIpc) is 2.95. The van der Waals surface area contributed by atoms with Crippen molar-refractivity contribution >= 4 is 16.9 Å². The van der Waals surface area contributed by atoms with Crippen molar-refractivity contribution in [3.8, 4) is 6.07 Å². The molecule has 1 aliphatic rings. The summed E-state index contributed by atoms with van der Waals surface area (Å²) in [5, 5.41) is 20.3. The molecule has 0 saturated heterocycles. The molecule has 4 rings (SSSR count). The van der Waals surface area contributed by atoms with Crippen LogP contribution in [0.1, 0.15) is 84.6 Å². The third-order valence-corrected chi connectivity index (χ3v) is 6.92. The maximum Gasteiger partial charge on any atom is 0.337 e. The Labute approximate surface area is 190 Å². The van der Waals surface area contributed by atoms with Crippen LogP contribution in [-0.2, 0) is 19.4 Å². The van der Waals surface area contributed by atoms with Gasteiger partial charge >= 0.3 is 5.97 Å². The number of hydrogen-bond donors (Lipinski definition) is 1. The number of benzene rings is 2. The van der Waals surface area contributed by atoms with Crippen LogP contribution < -0.4 is 0 Å². The van der Waals surface area contributed by atoms with Gasteiger partial charge in [-0.2, -0.15) is 5.26 Å². The second kappa shape index (κ2) is 10.0. The predicted molar refractivity (Wildman–Crippen MR) is 128 cm³/mol. The van der Waals surface area contributed by atoms with Crippen LogP contribution in [0.5, 0.6) is 0 Å². The van der Waals surface area contributed by atoms with Crippen molar-refractivity contribution in [3.63, 3.8) is 0 Å². The van der Waals surface area contributed by atoms with Gasteiger partial charge in [-0.15, -0.1) is 0 Å². The molecule has 1 N–H and O–H groups in total. The highest BCUT2D eigenvalue weighted by Gasteiger charge is 2.26. The lowest BCUT2D eigenvalue weighted by molar-refractivity contribution is 0.0698. The molecule has 0 fully saturated rings. The number of nitriles is 1. The third kappa shape index (κ3) is 4.58. The molecule has 1 heterocycles. The van der Waals surface area contributed by atoms with E-state index in [9.17, 15) is 15.2 Å². The van der Waals surface area contributed by atoms with E-state index in [0.717, 1.165) is 35.7 Å². The molecule has 166 valence electrons. The zero-order chi connectivity index (χ0) is 22.5. The SMILES string of the molecule is CCCCCCC1CCCc2c(n(Cc3cccc(C#N)c3)c3c(C(=O)O)cccc23)C1. The van der Waals surface area contributed by atoms with E-state index in [2.05, 4.69) is 23.6 Å². The number of para-hydroxylation sites is 1. The van der Waals surface area contributed by atoms with Crippen molar-refractivity contribution in [2.24, 2.45) is 5.92 Å². The average molecular weight is 429 g/mol. The normalized spacial score (nSPS) is 15.8. The molecule has 0 spiro atoms. The molecule has 0 aliphatic heterocycles. The van der Waals surface area contributed by atoms with Gasteiger partial charge in [0.2, 0.25) is 0 Å². The Bertz CT molecular complexity index is 1150. The number of aromatic nitrogens is 1. The van der Waals surface area contributed by atoms with E-state index in [1.807, 2.05) is 30.3 Å². The second-order valence-corrected chi connectivity index (χ2v) is 9.14. The number of aryl methyl sites for hydroxylation is 1. The molecule has 0 bridgehead atoms. The molecule has 0 radical (unpaired) electrons. The maximum atomic E-state index is 12.1. The summed E-state index contributed by atoms with van der Waals surface area (Å²) in [7, 11) is 0. The molecule has 1 atom stereocenters. The largest absolute Gasteiger partial charge is 0.478 e. The minimum atomic E-state index is -0.883. The summed E-state index contributed by atoms with van der Waals surface area (Å²) in [4.78, 5) is 12.1. The first-order chi connectivity index (χ1) is 15.6. The fourth-order valence-electron chi connectivity index (χ4n) is 5.36. The molecular formula is C28H32N2O2. The molecule has 4 heteroatoms. The Morgan fingerprint density at radius 2 is 2.03 bits per heavy atom. The highest BCUT2D eigenvalue weighted by Crippen LogP contribution is 2.37. The van der Waals surface area contributed by atoms with Crippen molar-refractivity contribution in [2.75, 3.05) is 0 Å². The maximum absolute atomic E-state index is 12.1. The lowest BCUT2D eigenvalue weighted by atomic mass is 9.93. The molecule has 3 aromatic rings. The minimum absolute atomic E-state index is 0.367. The quantitative estimate of drug-likeness (QED) is 0.320. The summed E-state index contributed by atoms with van der Waals surface area (Å²) in [6.45, 7) is 2.84. The van der Waals surface area contributed by atoms with Crippen molar-refractivity contribution in [1.29, 1.82) is 5.26 Å². The monoisotopic (exact) mass is 428 g/mol. The van der Waals surface area contributed by atoms with Gasteiger partial charge in [0, 0.05) is 17.6 Å². The van der Waals surface area contributed by atoms with E-state index in [0.29, 0.717) is 23.6 Å². The van der Waals surface area contributed by atoms with Crippen LogP contribution in [0.25, 0.3) is 10.9 Å². The standard InChI is InChI=1S/C28H32N2O2/c1-2-3-4-5-9-20-10-7-13-23-24-14-8-15-25(28(31)32)27(24)30(26(23)17-20)19-22-12-6-11-21(16-22)18-29/h6,8,11-12,14-16,20H,2-5,7,9-10,13,17,19H2,1H3,(H,31,32). The molecule has 0 saturated carbocycles. The fraction of sp³-hybridized carbons (Fsp3) is 0.429. The molecule has 1 aromatic heterocycles. The van der Waals surface area contributed by atoms with Crippen LogP contribution in [0.3, 0.4) is 0 Å². The van der Waals surface area contributed by atoms with Crippen LogP contribution in [0.2, 0.25) is 0 Å². The van der Waals surface area contributed by atoms with Crippen LogP contribution in [0.15, 0.2) is 42.5 Å². The molecule has 2 aromatic carbocycles. The van der Waals surface area contributed by atoms with Crippen molar-refractivity contribution < 1.29 is 9.90 Å². The highest BCUT2D eigenvalue weighted by atomic mass is 16.4. The number of hydrogen-bond acceptors (Lipinski definition) is 2. The van der Waals surface area contributed by atoms with Crippen LogP contribution in [0, 0.1) is 17.2 Å². The van der Waals surface area contributed by atoms with Gasteiger partial charge in [0.25, 0.3) is 0 Å². The van der Waals surface area contributed by atoms with Crippen LogP contribution in [-0.4, -0.2) is 15.6 Å². The zero-order valence-electron chi connectivity index (χ0n) is 18.9. The van der Waals surface area contributed by atoms with E-state index in [1.54, 1.807) is 6.07 Å². The molecule has 1 aliphatic carbocycles. The Morgan fingerprint density at radius 3 is 2.81 bits per heavy atom. The second-order valence-electron chi connectivity index (χ2n) is 9.14. The number of aromatic carboxylic acids is 1. The fourth-order valence-corrected chi connectivity index (χ4v) is 5.36. The Kier molecular flexibility index (Phi) is 6.95. The van der Waals surface area contributed by atoms with E-state index >= 15 is 0 Å². The summed E-state index contributed by atoms with van der Waals surface area (Å²) in [5.41, 5.74) is 5.50. The Balaban J connectivity index is 1.78. The molecule has 1 unspecified atom stereocenters. The number of unbranched alkanes of at least 4 members (excludes halogenated alkanes) is 3. The number of carboxylic acids is 1. The molecule has 4 nitrogen and oxygen atoms in total. The van der Waals surface area contributed by atoms with E-state index in [4.69, 9.17) is 0 Å². The number of carboxylic acid groups (broad SMARTS) is 1. The van der Waals surface area contributed by atoms with Gasteiger partial charge in [0.1, 0.15) is 0 Å². The van der Waals surface area contributed by atoms with E-state index in [-0.39, 0.29) is 0 Å². The highest BCUT2D eigenvalue weighted by molar-refractivity contribution is 6.04. The number of nitrogens with zero attached hydrogens (tertiary/aromatic N) is 2. The van der Waals surface area contributed by atoms with Gasteiger partial charge in [0.15, 0.2) is 0 Å². The molecule has 32 heavy (non-hydrogen) atoms. The van der Waals surface area contributed by atoms with Gasteiger partial charge in [-0.3, -0.25) is 0 Å². The summed E-state index contributed by atoms with van der Waals surface area (Å²) >= 11 is 0. The summed E-state index contributed by atoms with van der Waals surface area (Å²) in [5.74, 6) is -0.235. The predicted octanol–water partition coefficient (Wildman–Crippen LogP) is 6.72. The van der Waals surface area contributed by atoms with Crippen molar-refractivity contribution in [1.82, 2.24) is 4.57 Å². The van der Waals surface area contributed by atoms with E-state index in [1.165, 1.54) is 49.8 Å². The van der Waals surface area contributed by atoms with Gasteiger partial charge < -0.3 is 9.67 Å². The summed E-state index contributed by atoms with van der Waals surface area (Å²) in [6.07, 6.45) is 10.8. The van der Waals surface area contributed by atoms with Crippen molar-refractivity contribution in [3.05, 3.63) is 70.4 Å². The van der Waals surface area contributed by atoms with Crippen molar-refractivity contribution in [2.45, 2.75) is 71.3 Å². The van der Waals surface area contributed by atoms with Gasteiger partial charge in [0.05, 0.1) is 22.7 Å². The first-order valence-electron chi connectivity index (χ1n) is 12.0. The number of rotatable bonds is 8. The molecule has 0 amide bonds. The Hall–Kier alpha value is -3.06. The van der Waals surface area contributed by atoms with Gasteiger partial charge in [-0.25, -0.2) is 4.79 Å². The van der Waals surface area contributed by atoms with Gasteiger partial charge in [-0.05, 0) is 60.9 Å². The number of carbonyl (C=O) groups is 1. The van der Waals surface area contributed by atoms with Crippen LogP contribution in [0.4, 0.5) is 0 Å². The lowest BCUT2D eigenvalue weighted by Gasteiger charge is -2.18. The Morgan fingerprint density at radius 1 is 1.19 bits per heavy atom. The summed E-state index contributed by atoms with van der Waals surface area (Å²) < 4.78 is 2.25. The summed E-state index contributed by atoms with van der Waals surface area (Å²) in [6, 6.07) is 15.6.